The van der Waals surface area contributed by atoms with Gasteiger partial charge in [-0.1, -0.05) is 65.5 Å². The number of rotatable bonds is 7. The maximum atomic E-state index is 13.7. The Morgan fingerprint density at radius 3 is 2.08 bits per heavy atom. The second kappa shape index (κ2) is 10.9. The van der Waals surface area contributed by atoms with Crippen molar-refractivity contribution in [1.82, 2.24) is 0 Å². The van der Waals surface area contributed by atoms with E-state index in [2.05, 4.69) is 34.1 Å². The Morgan fingerprint density at radius 2 is 1.72 bits per heavy atom. The third kappa shape index (κ3) is 7.69. The number of halogens is 4. The van der Waals surface area contributed by atoms with Crippen LogP contribution in [0.2, 0.25) is 0 Å². The zero-order valence-electron chi connectivity index (χ0n) is 14.9. The van der Waals surface area contributed by atoms with Gasteiger partial charge in [-0.2, -0.15) is 13.2 Å². The van der Waals surface area contributed by atoms with Crippen molar-refractivity contribution in [2.75, 3.05) is 0 Å². The average Bonchev–Trinajstić information content (AvgIpc) is 2.49. The summed E-state index contributed by atoms with van der Waals surface area (Å²) in [4.78, 5) is 3.92. The molecule has 0 aliphatic rings. The quantitative estimate of drug-likeness (QED) is 0.304. The maximum Gasteiger partial charge on any atom is 0.433 e. The Kier molecular flexibility index (Phi) is 10.1. The Bertz CT molecular complexity index is 684. The molecule has 0 bridgehead atoms. The second-order valence-electron chi connectivity index (χ2n) is 4.97. The topological polar surface area (TPSA) is 12.4 Å². The molecule has 0 saturated heterocycles. The number of aliphatic imine (C=N–C) groups is 1. The SMILES string of the molecule is C=C/C=C(\C=C/C)C(=C\C)/C(=N\C(=C\C)C(\C)=C/C(=C)Br)C(F)(F)F. The van der Waals surface area contributed by atoms with E-state index < -0.39 is 11.9 Å². The van der Waals surface area contributed by atoms with Gasteiger partial charge in [-0.05, 0) is 44.9 Å². The molecular formula is C20H23BrF3N. The Morgan fingerprint density at radius 1 is 1.12 bits per heavy atom. The zero-order chi connectivity index (χ0) is 19.6. The summed E-state index contributed by atoms with van der Waals surface area (Å²) < 4.78 is 41.7. The smallest absolute Gasteiger partial charge is 0.243 e. The van der Waals surface area contributed by atoms with Gasteiger partial charge >= 0.3 is 6.18 Å². The van der Waals surface area contributed by atoms with E-state index in [4.69, 9.17) is 0 Å². The Hall–Kier alpha value is -1.88. The number of hydrogen-bond donors (Lipinski definition) is 0. The molecule has 5 heteroatoms. The third-order valence-electron chi connectivity index (χ3n) is 3.05. The minimum atomic E-state index is -4.61. The van der Waals surface area contributed by atoms with Crippen LogP contribution in [0.3, 0.4) is 0 Å². The molecule has 0 rings (SSSR count). The molecule has 0 heterocycles. The summed E-state index contributed by atoms with van der Waals surface area (Å²) in [7, 11) is 0. The van der Waals surface area contributed by atoms with Crippen molar-refractivity contribution in [1.29, 1.82) is 0 Å². The van der Waals surface area contributed by atoms with Crippen LogP contribution in [0.25, 0.3) is 0 Å². The first-order valence-corrected chi connectivity index (χ1v) is 8.39. The lowest BCUT2D eigenvalue weighted by Gasteiger charge is -2.16. The van der Waals surface area contributed by atoms with Crippen molar-refractivity contribution in [3.8, 4) is 0 Å². The number of nitrogens with zero attached hydrogens (tertiary/aromatic N) is 1. The molecule has 0 aliphatic heterocycles. The lowest BCUT2D eigenvalue weighted by molar-refractivity contribution is -0.0581. The molecule has 0 unspecified atom stereocenters. The van der Waals surface area contributed by atoms with E-state index in [0.29, 0.717) is 15.6 Å². The molecule has 0 radical (unpaired) electrons. The first-order valence-electron chi connectivity index (χ1n) is 7.60. The van der Waals surface area contributed by atoms with E-state index in [0.717, 1.165) is 0 Å². The van der Waals surface area contributed by atoms with Gasteiger partial charge in [-0.3, -0.25) is 0 Å². The lowest BCUT2D eigenvalue weighted by atomic mass is 9.98. The van der Waals surface area contributed by atoms with Crippen LogP contribution in [0.5, 0.6) is 0 Å². The summed E-state index contributed by atoms with van der Waals surface area (Å²) in [5.41, 5.74) is 0.225. The molecule has 0 saturated carbocycles. The molecule has 0 amide bonds. The van der Waals surface area contributed by atoms with Crippen LogP contribution in [0.1, 0.15) is 27.7 Å². The summed E-state index contributed by atoms with van der Waals surface area (Å²) >= 11 is 3.18. The van der Waals surface area contributed by atoms with Crippen molar-refractivity contribution >= 4 is 21.6 Å². The van der Waals surface area contributed by atoms with E-state index in [1.54, 1.807) is 45.9 Å². The van der Waals surface area contributed by atoms with Crippen LogP contribution in [0.15, 0.2) is 87.6 Å². The Balaban J connectivity index is 6.49. The van der Waals surface area contributed by atoms with Crippen molar-refractivity contribution in [2.24, 2.45) is 4.99 Å². The molecule has 0 aromatic carbocycles. The fourth-order valence-electron chi connectivity index (χ4n) is 2.07. The fraction of sp³-hybridized carbons (Fsp3) is 0.250. The zero-order valence-corrected chi connectivity index (χ0v) is 16.5. The van der Waals surface area contributed by atoms with Gasteiger partial charge in [-0.25, -0.2) is 4.99 Å². The first kappa shape index (κ1) is 23.1. The van der Waals surface area contributed by atoms with E-state index in [-0.39, 0.29) is 11.3 Å². The summed E-state index contributed by atoms with van der Waals surface area (Å²) in [6.45, 7) is 13.8. The molecule has 0 atom stereocenters. The van der Waals surface area contributed by atoms with E-state index in [9.17, 15) is 13.2 Å². The molecule has 25 heavy (non-hydrogen) atoms. The fourth-order valence-corrected chi connectivity index (χ4v) is 2.41. The minimum Gasteiger partial charge on any atom is -0.243 e. The van der Waals surface area contributed by atoms with Crippen LogP contribution in [-0.4, -0.2) is 11.9 Å². The highest BCUT2D eigenvalue weighted by Gasteiger charge is 2.38. The molecule has 0 N–H and O–H groups in total. The van der Waals surface area contributed by atoms with Gasteiger partial charge < -0.3 is 0 Å². The summed E-state index contributed by atoms with van der Waals surface area (Å²) in [5, 5.41) is 0. The van der Waals surface area contributed by atoms with Gasteiger partial charge in [-0.15, -0.1) is 0 Å². The molecule has 136 valence electrons. The van der Waals surface area contributed by atoms with Crippen LogP contribution in [0.4, 0.5) is 13.2 Å². The second-order valence-corrected chi connectivity index (χ2v) is 5.98. The van der Waals surface area contributed by atoms with E-state index in [1.165, 1.54) is 24.3 Å². The van der Waals surface area contributed by atoms with Gasteiger partial charge in [0.15, 0.2) is 5.71 Å². The van der Waals surface area contributed by atoms with Crippen molar-refractivity contribution in [3.05, 3.63) is 82.6 Å². The molecule has 0 aromatic heterocycles. The first-order chi connectivity index (χ1) is 11.6. The van der Waals surface area contributed by atoms with Crippen LogP contribution < -0.4 is 0 Å². The van der Waals surface area contributed by atoms with E-state index >= 15 is 0 Å². The highest BCUT2D eigenvalue weighted by molar-refractivity contribution is 9.11. The monoisotopic (exact) mass is 413 g/mol. The summed E-state index contributed by atoms with van der Waals surface area (Å²) in [5.74, 6) is 0. The van der Waals surface area contributed by atoms with Crippen molar-refractivity contribution in [2.45, 2.75) is 33.9 Å². The number of hydrogen-bond acceptors (Lipinski definition) is 1. The van der Waals surface area contributed by atoms with Gasteiger partial charge in [0, 0.05) is 10.1 Å². The maximum absolute atomic E-state index is 13.7. The van der Waals surface area contributed by atoms with Crippen molar-refractivity contribution < 1.29 is 13.2 Å². The van der Waals surface area contributed by atoms with Crippen molar-refractivity contribution in [3.63, 3.8) is 0 Å². The van der Waals surface area contributed by atoms with E-state index in [1.807, 2.05) is 0 Å². The van der Waals surface area contributed by atoms with Gasteiger partial charge in [0.05, 0.1) is 5.70 Å². The van der Waals surface area contributed by atoms with Crippen LogP contribution in [0, 0.1) is 0 Å². The standard InChI is InChI=1S/C20H23BrF3N/c1-7-11-16(12-8-2)17(9-3)19(20(22,23)24)25-18(10-4)14(5)13-15(6)21/h7-13H,1,6H2,2-5H3/b12-8-,14-13-,16-11+,17-9+,18-10+,25-19+. The summed E-state index contributed by atoms with van der Waals surface area (Å²) in [6.07, 6.45) is 6.18. The Labute approximate surface area is 156 Å². The predicted octanol–water partition coefficient (Wildman–Crippen LogP) is 7.38. The largest absolute Gasteiger partial charge is 0.433 e. The number of allylic oxidation sites excluding steroid dienone is 11. The predicted molar refractivity (Wildman–Crippen MR) is 106 cm³/mol. The average molecular weight is 414 g/mol. The highest BCUT2D eigenvalue weighted by atomic mass is 79.9. The molecule has 0 fully saturated rings. The molecular weight excluding hydrogens is 391 g/mol. The molecule has 0 aromatic rings. The highest BCUT2D eigenvalue weighted by Crippen LogP contribution is 2.29. The minimum absolute atomic E-state index is 0.00433. The lowest BCUT2D eigenvalue weighted by Crippen LogP contribution is -2.26. The van der Waals surface area contributed by atoms with Gasteiger partial charge in [0.1, 0.15) is 0 Å². The third-order valence-corrected chi connectivity index (χ3v) is 3.28. The number of alkyl halides is 3. The molecule has 1 nitrogen and oxygen atoms in total. The molecule has 0 aliphatic carbocycles. The van der Waals surface area contributed by atoms with Crippen LogP contribution in [-0.2, 0) is 0 Å². The van der Waals surface area contributed by atoms with Crippen LogP contribution >= 0.6 is 15.9 Å². The summed E-state index contributed by atoms with van der Waals surface area (Å²) in [6, 6.07) is 0. The normalized spacial score (nSPS) is 15.8. The van der Waals surface area contributed by atoms with Gasteiger partial charge in [0.2, 0.25) is 0 Å². The molecule has 0 spiro atoms. The van der Waals surface area contributed by atoms with Gasteiger partial charge in [0.25, 0.3) is 0 Å².